The van der Waals surface area contributed by atoms with Crippen LogP contribution in [0, 0.1) is 0 Å². The molecule has 4 rings (SSSR count). The number of nitrogens with zero attached hydrogens (tertiary/aromatic N) is 2. The first-order valence-electron chi connectivity index (χ1n) is 9.80. The Morgan fingerprint density at radius 2 is 1.75 bits per heavy atom. The van der Waals surface area contributed by atoms with Gasteiger partial charge in [0.25, 0.3) is 5.91 Å². The van der Waals surface area contributed by atoms with Gasteiger partial charge in [0, 0.05) is 49.6 Å². The summed E-state index contributed by atoms with van der Waals surface area (Å²) in [7, 11) is 0. The van der Waals surface area contributed by atoms with E-state index in [4.69, 9.17) is 17.3 Å². The number of amides is 2. The van der Waals surface area contributed by atoms with E-state index in [0.717, 1.165) is 31.5 Å². The van der Waals surface area contributed by atoms with Gasteiger partial charge in [0.1, 0.15) is 0 Å². The highest BCUT2D eigenvalue weighted by Crippen LogP contribution is 2.37. The van der Waals surface area contributed by atoms with Gasteiger partial charge >= 0.3 is 0 Å². The summed E-state index contributed by atoms with van der Waals surface area (Å²) in [5.74, 6) is -3.34. The molecule has 2 heterocycles. The number of alkyl halides is 2. The van der Waals surface area contributed by atoms with Gasteiger partial charge in [-0.25, -0.2) is 8.78 Å². The second-order valence-corrected chi connectivity index (χ2v) is 8.58. The van der Waals surface area contributed by atoms with Crippen molar-refractivity contribution in [1.82, 2.24) is 9.80 Å². The molecule has 2 amide bonds. The molecule has 8 heteroatoms. The molecule has 1 saturated heterocycles. The maximum Gasteiger partial charge on any atom is 0.255 e. The Morgan fingerprint density at radius 1 is 1.11 bits per heavy atom. The molecule has 0 radical (unpaired) electrons. The average molecular weight is 412 g/mol. The zero-order chi connectivity index (χ0) is 20.1. The Morgan fingerprint density at radius 3 is 2.36 bits per heavy atom. The summed E-state index contributed by atoms with van der Waals surface area (Å²) < 4.78 is 26.8. The number of hydrogen-bond donors (Lipinski definition) is 1. The highest BCUT2D eigenvalue weighted by molar-refractivity contribution is 6.31. The molecule has 1 aliphatic carbocycles. The van der Waals surface area contributed by atoms with Gasteiger partial charge in [-0.05, 0) is 43.4 Å². The van der Waals surface area contributed by atoms with E-state index in [2.05, 4.69) is 4.90 Å². The van der Waals surface area contributed by atoms with Gasteiger partial charge in [-0.2, -0.15) is 0 Å². The number of hydrogen-bond acceptors (Lipinski definition) is 3. The summed E-state index contributed by atoms with van der Waals surface area (Å²) in [4.78, 5) is 28.8. The van der Waals surface area contributed by atoms with Crippen LogP contribution in [0.25, 0.3) is 0 Å². The Labute approximate surface area is 167 Å². The number of carbonyl (C=O) groups excluding carboxylic acids is 2. The van der Waals surface area contributed by atoms with Gasteiger partial charge in [-0.3, -0.25) is 9.59 Å². The third-order valence-corrected chi connectivity index (χ3v) is 6.63. The minimum atomic E-state index is -2.51. The molecule has 0 atom stereocenters. The summed E-state index contributed by atoms with van der Waals surface area (Å²) >= 11 is 6.08. The quantitative estimate of drug-likeness (QED) is 0.828. The Balaban J connectivity index is 1.41. The molecular weight excluding hydrogens is 388 g/mol. The van der Waals surface area contributed by atoms with E-state index < -0.39 is 11.8 Å². The monoisotopic (exact) mass is 411 g/mol. The summed E-state index contributed by atoms with van der Waals surface area (Å²) in [6.45, 7) is 2.02. The lowest BCUT2D eigenvalue weighted by atomic mass is 9.89. The van der Waals surface area contributed by atoms with Crippen molar-refractivity contribution < 1.29 is 18.4 Å². The standard InChI is InChI=1S/C20H24ClF2N3O2/c21-13-9-12-11-26(19(28)17(12)16(10-13)18(24)27)15-3-7-25(8-4-15)14-1-5-20(22,23)6-2-14/h9-10,14-15H,1-8,11H2,(H2,24,27). The van der Waals surface area contributed by atoms with E-state index in [9.17, 15) is 18.4 Å². The van der Waals surface area contributed by atoms with Crippen LogP contribution in [0.3, 0.4) is 0 Å². The molecule has 1 aromatic carbocycles. The summed E-state index contributed by atoms with van der Waals surface area (Å²) in [6.07, 6.45) is 2.60. The molecule has 3 aliphatic rings. The summed E-state index contributed by atoms with van der Waals surface area (Å²) in [5.41, 5.74) is 6.72. The highest BCUT2D eigenvalue weighted by atomic mass is 35.5. The lowest BCUT2D eigenvalue weighted by molar-refractivity contribution is -0.0574. The topological polar surface area (TPSA) is 66.6 Å². The van der Waals surface area contributed by atoms with Gasteiger partial charge in [-0.15, -0.1) is 0 Å². The van der Waals surface area contributed by atoms with Crippen LogP contribution in [0.4, 0.5) is 8.78 Å². The Bertz CT molecular complexity index is 799. The summed E-state index contributed by atoms with van der Waals surface area (Å²) in [6, 6.07) is 3.46. The number of likely N-dealkylation sites (tertiary alicyclic amines) is 1. The van der Waals surface area contributed by atoms with Crippen molar-refractivity contribution in [2.45, 2.75) is 63.1 Å². The van der Waals surface area contributed by atoms with Gasteiger partial charge in [-0.1, -0.05) is 11.6 Å². The SMILES string of the molecule is NC(=O)c1cc(Cl)cc2c1C(=O)N(C1CCN(C3CCC(F)(F)CC3)CC1)C2. The van der Waals surface area contributed by atoms with Crippen LogP contribution in [-0.4, -0.2) is 52.7 Å². The number of carbonyl (C=O) groups is 2. The van der Waals surface area contributed by atoms with Crippen molar-refractivity contribution in [3.63, 3.8) is 0 Å². The maximum atomic E-state index is 13.4. The van der Waals surface area contributed by atoms with Crippen LogP contribution in [0.2, 0.25) is 5.02 Å². The zero-order valence-electron chi connectivity index (χ0n) is 15.6. The van der Waals surface area contributed by atoms with Crippen LogP contribution < -0.4 is 5.73 Å². The lowest BCUT2D eigenvalue weighted by Gasteiger charge is -2.42. The third-order valence-electron chi connectivity index (χ3n) is 6.41. The lowest BCUT2D eigenvalue weighted by Crippen LogP contribution is -2.49. The fraction of sp³-hybridized carbons (Fsp3) is 0.600. The van der Waals surface area contributed by atoms with Gasteiger partial charge in [0.05, 0.1) is 11.1 Å². The van der Waals surface area contributed by atoms with E-state index in [1.165, 1.54) is 6.07 Å². The highest BCUT2D eigenvalue weighted by Gasteiger charge is 2.40. The van der Waals surface area contributed by atoms with E-state index in [-0.39, 0.29) is 36.4 Å². The first-order chi connectivity index (χ1) is 13.2. The minimum Gasteiger partial charge on any atom is -0.366 e. The van der Waals surface area contributed by atoms with Crippen molar-refractivity contribution in [3.05, 3.63) is 33.8 Å². The molecule has 2 N–H and O–H groups in total. The number of fused-ring (bicyclic) bond motifs is 1. The second-order valence-electron chi connectivity index (χ2n) is 8.14. The average Bonchev–Trinajstić information content (AvgIpc) is 2.97. The number of benzene rings is 1. The number of primary amides is 1. The molecule has 5 nitrogen and oxygen atoms in total. The third kappa shape index (κ3) is 3.62. The molecule has 0 bridgehead atoms. The summed E-state index contributed by atoms with van der Waals surface area (Å²) in [5, 5.41) is 0.395. The molecule has 1 saturated carbocycles. The van der Waals surface area contributed by atoms with E-state index in [1.54, 1.807) is 11.0 Å². The van der Waals surface area contributed by atoms with Gasteiger partial charge in [0.15, 0.2) is 0 Å². The van der Waals surface area contributed by atoms with Crippen LogP contribution in [0.1, 0.15) is 64.8 Å². The molecule has 1 aromatic rings. The molecule has 152 valence electrons. The van der Waals surface area contributed by atoms with Crippen molar-refractivity contribution in [2.75, 3.05) is 13.1 Å². The molecule has 2 fully saturated rings. The van der Waals surface area contributed by atoms with Crippen LogP contribution in [0.5, 0.6) is 0 Å². The fourth-order valence-electron chi connectivity index (χ4n) is 4.88. The number of piperidine rings is 1. The predicted molar refractivity (Wildman–Crippen MR) is 102 cm³/mol. The van der Waals surface area contributed by atoms with Crippen molar-refractivity contribution >= 4 is 23.4 Å². The maximum absolute atomic E-state index is 13.4. The molecule has 0 spiro atoms. The second kappa shape index (κ2) is 7.26. The first-order valence-corrected chi connectivity index (χ1v) is 10.2. The Hall–Kier alpha value is -1.73. The minimum absolute atomic E-state index is 0.0336. The smallest absolute Gasteiger partial charge is 0.255 e. The Kier molecular flexibility index (Phi) is 5.08. The normalized spacial score (nSPS) is 23.8. The van der Waals surface area contributed by atoms with E-state index >= 15 is 0 Å². The van der Waals surface area contributed by atoms with Crippen molar-refractivity contribution in [2.24, 2.45) is 5.73 Å². The first kappa shape index (κ1) is 19.6. The molecule has 2 aliphatic heterocycles. The molecule has 0 unspecified atom stereocenters. The predicted octanol–water partition coefficient (Wildman–Crippen LogP) is 3.44. The molecular formula is C20H24ClF2N3O2. The van der Waals surface area contributed by atoms with Gasteiger partial charge < -0.3 is 15.5 Å². The van der Waals surface area contributed by atoms with Crippen molar-refractivity contribution in [3.8, 4) is 0 Å². The van der Waals surface area contributed by atoms with E-state index in [0.29, 0.717) is 30.0 Å². The van der Waals surface area contributed by atoms with Crippen LogP contribution in [0.15, 0.2) is 12.1 Å². The van der Waals surface area contributed by atoms with Gasteiger partial charge in [0.2, 0.25) is 11.8 Å². The molecule has 0 aromatic heterocycles. The molecule has 28 heavy (non-hydrogen) atoms. The largest absolute Gasteiger partial charge is 0.366 e. The van der Waals surface area contributed by atoms with Crippen LogP contribution in [-0.2, 0) is 6.54 Å². The van der Waals surface area contributed by atoms with E-state index in [1.807, 2.05) is 0 Å². The zero-order valence-corrected chi connectivity index (χ0v) is 16.4. The fourth-order valence-corrected chi connectivity index (χ4v) is 5.12. The number of rotatable bonds is 3. The van der Waals surface area contributed by atoms with Crippen LogP contribution >= 0.6 is 11.6 Å². The number of nitrogens with two attached hydrogens (primary N) is 1. The number of halogens is 3. The van der Waals surface area contributed by atoms with Crippen molar-refractivity contribution in [1.29, 1.82) is 0 Å².